The number of anilines is 1. The number of amides is 1. The maximum absolute atomic E-state index is 12.0. The second-order valence-electron chi connectivity index (χ2n) is 6.53. The van der Waals surface area contributed by atoms with Gasteiger partial charge in [0.15, 0.2) is 6.61 Å². The quantitative estimate of drug-likeness (QED) is 0.411. The number of carbonyl (C=O) groups is 2. The smallest absolute Gasteiger partial charge is 0.331 e. The lowest BCUT2D eigenvalue weighted by atomic mass is 10.2. The topological polar surface area (TPSA) is 73.9 Å². The molecule has 0 saturated heterocycles. The summed E-state index contributed by atoms with van der Waals surface area (Å²) in [4.78, 5) is 23.9. The Labute approximate surface area is 181 Å². The van der Waals surface area contributed by atoms with Crippen molar-refractivity contribution in [1.82, 2.24) is 0 Å². The molecule has 0 atom stereocenters. The van der Waals surface area contributed by atoms with Crippen LogP contribution < -0.4 is 14.8 Å². The van der Waals surface area contributed by atoms with Crippen molar-refractivity contribution in [2.24, 2.45) is 0 Å². The van der Waals surface area contributed by atoms with Crippen LogP contribution in [0.1, 0.15) is 11.1 Å². The Morgan fingerprint density at radius 1 is 0.903 bits per heavy atom. The lowest BCUT2D eigenvalue weighted by molar-refractivity contribution is -0.142. The minimum Gasteiger partial charge on any atom is -0.495 e. The standard InChI is InChI=1S/C25H23NO5/c1-29-23-10-6-5-9-22(23)26-24(27)18-31-25(28)16-13-19-11-14-21(15-12-19)30-17-20-7-3-2-4-8-20/h2-16H,17-18H2,1H3,(H,26,27)/b16-13+. The third-order valence-electron chi connectivity index (χ3n) is 4.27. The van der Waals surface area contributed by atoms with E-state index in [2.05, 4.69) is 5.32 Å². The molecule has 158 valence electrons. The number of benzene rings is 3. The summed E-state index contributed by atoms with van der Waals surface area (Å²) in [5.74, 6) is 0.195. The minimum atomic E-state index is -0.611. The number of rotatable bonds is 9. The van der Waals surface area contributed by atoms with Crippen LogP contribution in [0.3, 0.4) is 0 Å². The number of methoxy groups -OCH3 is 1. The van der Waals surface area contributed by atoms with Crippen LogP contribution >= 0.6 is 0 Å². The van der Waals surface area contributed by atoms with E-state index in [-0.39, 0.29) is 0 Å². The van der Waals surface area contributed by atoms with Crippen molar-refractivity contribution in [2.75, 3.05) is 19.0 Å². The van der Waals surface area contributed by atoms with Gasteiger partial charge in [0, 0.05) is 6.08 Å². The molecule has 3 aromatic rings. The highest BCUT2D eigenvalue weighted by molar-refractivity contribution is 5.95. The highest BCUT2D eigenvalue weighted by Crippen LogP contribution is 2.22. The Balaban J connectivity index is 1.43. The average Bonchev–Trinajstić information content (AvgIpc) is 2.82. The van der Waals surface area contributed by atoms with Gasteiger partial charge in [0.25, 0.3) is 5.91 Å². The van der Waals surface area contributed by atoms with Gasteiger partial charge < -0.3 is 19.5 Å². The highest BCUT2D eigenvalue weighted by atomic mass is 16.5. The summed E-state index contributed by atoms with van der Waals surface area (Å²) >= 11 is 0. The predicted molar refractivity (Wildman–Crippen MR) is 119 cm³/mol. The van der Waals surface area contributed by atoms with Gasteiger partial charge in [-0.05, 0) is 41.5 Å². The maximum Gasteiger partial charge on any atom is 0.331 e. The lowest BCUT2D eigenvalue weighted by Gasteiger charge is -2.09. The van der Waals surface area contributed by atoms with E-state index in [9.17, 15) is 9.59 Å². The Bertz CT molecular complexity index is 1030. The summed E-state index contributed by atoms with van der Waals surface area (Å²) in [6.07, 6.45) is 2.89. The Morgan fingerprint density at radius 3 is 2.35 bits per heavy atom. The molecule has 31 heavy (non-hydrogen) atoms. The second kappa shape index (κ2) is 11.2. The first-order valence-corrected chi connectivity index (χ1v) is 9.68. The van der Waals surface area contributed by atoms with Crippen molar-refractivity contribution in [3.05, 3.63) is 96.1 Å². The monoisotopic (exact) mass is 417 g/mol. The molecule has 0 aromatic heterocycles. The number of ether oxygens (including phenoxy) is 3. The van der Waals surface area contributed by atoms with Crippen molar-refractivity contribution in [3.63, 3.8) is 0 Å². The van der Waals surface area contributed by atoms with Crippen molar-refractivity contribution >= 4 is 23.6 Å². The summed E-state index contributed by atoms with van der Waals surface area (Å²) in [6.45, 7) is 0.0900. The fraction of sp³-hybridized carbons (Fsp3) is 0.120. The van der Waals surface area contributed by atoms with Crippen molar-refractivity contribution < 1.29 is 23.8 Å². The lowest BCUT2D eigenvalue weighted by Crippen LogP contribution is -2.20. The molecule has 3 rings (SSSR count). The molecular formula is C25H23NO5. The fourth-order valence-corrected chi connectivity index (χ4v) is 2.70. The van der Waals surface area contributed by atoms with E-state index in [4.69, 9.17) is 14.2 Å². The number of esters is 1. The number of hydrogen-bond donors (Lipinski definition) is 1. The van der Waals surface area contributed by atoms with Gasteiger partial charge in [-0.2, -0.15) is 0 Å². The molecule has 1 amide bonds. The molecule has 0 radical (unpaired) electrons. The molecule has 1 N–H and O–H groups in total. The Hall–Kier alpha value is -4.06. The minimum absolute atomic E-state index is 0.395. The van der Waals surface area contributed by atoms with E-state index < -0.39 is 18.5 Å². The van der Waals surface area contributed by atoms with E-state index >= 15 is 0 Å². The van der Waals surface area contributed by atoms with Crippen molar-refractivity contribution in [2.45, 2.75) is 6.61 Å². The number of nitrogens with one attached hydrogen (secondary N) is 1. The molecule has 6 heteroatoms. The first-order chi connectivity index (χ1) is 15.1. The van der Waals surface area contributed by atoms with Crippen molar-refractivity contribution in [3.8, 4) is 11.5 Å². The summed E-state index contributed by atoms with van der Waals surface area (Å²) in [5, 5.41) is 2.64. The first-order valence-electron chi connectivity index (χ1n) is 9.68. The maximum atomic E-state index is 12.0. The van der Waals surface area contributed by atoms with Gasteiger partial charge in [-0.3, -0.25) is 4.79 Å². The van der Waals surface area contributed by atoms with Gasteiger partial charge in [-0.15, -0.1) is 0 Å². The average molecular weight is 417 g/mol. The van der Waals surface area contributed by atoms with Crippen LogP contribution in [0.5, 0.6) is 11.5 Å². The van der Waals surface area contributed by atoms with Gasteiger partial charge in [-0.25, -0.2) is 4.79 Å². The zero-order valence-electron chi connectivity index (χ0n) is 17.1. The molecule has 0 bridgehead atoms. The molecule has 0 aliphatic carbocycles. The third-order valence-corrected chi connectivity index (χ3v) is 4.27. The molecule has 0 aliphatic rings. The largest absolute Gasteiger partial charge is 0.495 e. The van der Waals surface area contributed by atoms with Crippen LogP contribution in [0, 0.1) is 0 Å². The molecule has 0 spiro atoms. The number of para-hydroxylation sites is 2. The van der Waals surface area contributed by atoms with Gasteiger partial charge >= 0.3 is 5.97 Å². The van der Waals surface area contributed by atoms with Crippen LogP contribution in [0.4, 0.5) is 5.69 Å². The summed E-state index contributed by atoms with van der Waals surface area (Å²) < 4.78 is 15.9. The molecule has 0 unspecified atom stereocenters. The van der Waals surface area contributed by atoms with E-state index in [1.165, 1.54) is 13.2 Å². The van der Waals surface area contributed by atoms with Gasteiger partial charge in [0.2, 0.25) is 0 Å². The first kappa shape index (κ1) is 21.6. The second-order valence-corrected chi connectivity index (χ2v) is 6.53. The molecule has 0 aliphatic heterocycles. The van der Waals surface area contributed by atoms with E-state index in [0.717, 1.165) is 16.9 Å². The molecule has 0 heterocycles. The SMILES string of the molecule is COc1ccccc1NC(=O)COC(=O)/C=C/c1ccc(OCc2ccccc2)cc1. The third kappa shape index (κ3) is 7.04. The normalized spacial score (nSPS) is 10.5. The number of hydrogen-bond acceptors (Lipinski definition) is 5. The molecule has 6 nitrogen and oxygen atoms in total. The van der Waals surface area contributed by atoms with Crippen molar-refractivity contribution in [1.29, 1.82) is 0 Å². The molecule has 0 fully saturated rings. The van der Waals surface area contributed by atoms with E-state index in [1.54, 1.807) is 30.3 Å². The summed E-state index contributed by atoms with van der Waals surface area (Å²) in [5.41, 5.74) is 2.41. The van der Waals surface area contributed by atoms with Crippen LogP contribution in [-0.2, 0) is 20.9 Å². The Morgan fingerprint density at radius 2 is 1.61 bits per heavy atom. The van der Waals surface area contributed by atoms with Gasteiger partial charge in [0.1, 0.15) is 18.1 Å². The Kier molecular flexibility index (Phi) is 7.83. The molecular weight excluding hydrogens is 394 g/mol. The van der Waals surface area contributed by atoms with Crippen LogP contribution in [0.2, 0.25) is 0 Å². The zero-order chi connectivity index (χ0) is 21.9. The van der Waals surface area contributed by atoms with Gasteiger partial charge in [-0.1, -0.05) is 54.6 Å². The van der Waals surface area contributed by atoms with Crippen LogP contribution in [0.25, 0.3) is 6.08 Å². The van der Waals surface area contributed by atoms with Crippen LogP contribution in [-0.4, -0.2) is 25.6 Å². The zero-order valence-corrected chi connectivity index (χ0v) is 17.1. The fourth-order valence-electron chi connectivity index (χ4n) is 2.70. The van der Waals surface area contributed by atoms with E-state index in [1.807, 2.05) is 54.6 Å². The molecule has 0 saturated carbocycles. The number of carbonyl (C=O) groups excluding carboxylic acids is 2. The summed E-state index contributed by atoms with van der Waals surface area (Å²) in [6, 6.07) is 24.2. The predicted octanol–water partition coefficient (Wildman–Crippen LogP) is 4.47. The summed E-state index contributed by atoms with van der Waals surface area (Å²) in [7, 11) is 1.51. The van der Waals surface area contributed by atoms with E-state index in [0.29, 0.717) is 18.0 Å². The molecule has 3 aromatic carbocycles. The highest BCUT2D eigenvalue weighted by Gasteiger charge is 2.08. The van der Waals surface area contributed by atoms with Gasteiger partial charge in [0.05, 0.1) is 12.8 Å². The van der Waals surface area contributed by atoms with Crippen LogP contribution in [0.15, 0.2) is 84.9 Å².